The zero-order chi connectivity index (χ0) is 13.8. The Hall–Kier alpha value is -1.88. The van der Waals surface area contributed by atoms with Crippen LogP contribution in [0.3, 0.4) is 0 Å². The highest BCUT2D eigenvalue weighted by Crippen LogP contribution is 2.26. The molecule has 0 aliphatic heterocycles. The van der Waals surface area contributed by atoms with Gasteiger partial charge in [0, 0.05) is 11.2 Å². The first-order valence-electron chi connectivity index (χ1n) is 6.00. The minimum absolute atomic E-state index is 0.0138. The van der Waals surface area contributed by atoms with Crippen molar-refractivity contribution in [2.75, 3.05) is 20.2 Å². The highest BCUT2D eigenvalue weighted by atomic mass is 32.1. The van der Waals surface area contributed by atoms with E-state index in [-0.39, 0.29) is 12.5 Å². The second-order valence-electron chi connectivity index (χ2n) is 4.04. The zero-order valence-corrected chi connectivity index (χ0v) is 11.7. The Bertz CT molecular complexity index is 573. The van der Waals surface area contributed by atoms with Crippen LogP contribution in [0.4, 0.5) is 0 Å². The number of ether oxygens (including phenoxy) is 1. The molecule has 19 heavy (non-hydrogen) atoms. The summed E-state index contributed by atoms with van der Waals surface area (Å²) >= 11 is 1.44. The van der Waals surface area contributed by atoms with Crippen LogP contribution >= 0.6 is 11.3 Å². The van der Waals surface area contributed by atoms with Crippen LogP contribution in [0.15, 0.2) is 30.3 Å². The van der Waals surface area contributed by atoms with E-state index in [1.54, 1.807) is 0 Å². The van der Waals surface area contributed by atoms with Gasteiger partial charge >= 0.3 is 5.97 Å². The molecule has 0 saturated carbocycles. The fourth-order valence-electron chi connectivity index (χ4n) is 1.79. The second kappa shape index (κ2) is 5.84. The summed E-state index contributed by atoms with van der Waals surface area (Å²) in [6, 6.07) is 9.70. The van der Waals surface area contributed by atoms with Crippen molar-refractivity contribution in [3.8, 4) is 0 Å². The Morgan fingerprint density at radius 1 is 1.32 bits per heavy atom. The first kappa shape index (κ1) is 13.5. The predicted octanol–water partition coefficient (Wildman–Crippen LogP) is 2.54. The van der Waals surface area contributed by atoms with Gasteiger partial charge in [0.05, 0.1) is 12.0 Å². The highest BCUT2D eigenvalue weighted by Gasteiger charge is 2.19. The molecule has 0 aliphatic carbocycles. The number of amides is 1. The van der Waals surface area contributed by atoms with Crippen LogP contribution in [0.5, 0.6) is 0 Å². The lowest BCUT2D eigenvalue weighted by Crippen LogP contribution is -2.35. The summed E-state index contributed by atoms with van der Waals surface area (Å²) in [5.41, 5.74) is 0. The maximum absolute atomic E-state index is 12.3. The maximum atomic E-state index is 12.3. The van der Waals surface area contributed by atoms with Crippen molar-refractivity contribution in [1.29, 1.82) is 0 Å². The van der Waals surface area contributed by atoms with E-state index in [2.05, 4.69) is 4.74 Å². The molecule has 0 unspecified atom stereocenters. The van der Waals surface area contributed by atoms with Gasteiger partial charge in [-0.1, -0.05) is 18.2 Å². The lowest BCUT2D eigenvalue weighted by Gasteiger charge is -2.18. The summed E-state index contributed by atoms with van der Waals surface area (Å²) in [6.45, 7) is 2.30. The third-order valence-corrected chi connectivity index (χ3v) is 3.96. The number of esters is 1. The average molecular weight is 277 g/mol. The van der Waals surface area contributed by atoms with Crippen molar-refractivity contribution in [3.63, 3.8) is 0 Å². The zero-order valence-electron chi connectivity index (χ0n) is 10.9. The van der Waals surface area contributed by atoms with Crippen LogP contribution in [0.25, 0.3) is 10.1 Å². The van der Waals surface area contributed by atoms with Crippen molar-refractivity contribution in [2.24, 2.45) is 0 Å². The van der Waals surface area contributed by atoms with Crippen LogP contribution in [0.2, 0.25) is 0 Å². The second-order valence-corrected chi connectivity index (χ2v) is 5.13. The predicted molar refractivity (Wildman–Crippen MR) is 75.4 cm³/mol. The van der Waals surface area contributed by atoms with E-state index in [0.717, 1.165) is 10.1 Å². The molecule has 5 heteroatoms. The van der Waals surface area contributed by atoms with Gasteiger partial charge in [-0.05, 0) is 24.4 Å². The van der Waals surface area contributed by atoms with Gasteiger partial charge < -0.3 is 9.64 Å². The van der Waals surface area contributed by atoms with E-state index in [1.807, 2.05) is 37.3 Å². The Kier molecular flexibility index (Phi) is 4.16. The fraction of sp³-hybridized carbons (Fsp3) is 0.286. The molecule has 0 spiro atoms. The number of rotatable bonds is 4. The monoisotopic (exact) mass is 277 g/mol. The van der Waals surface area contributed by atoms with E-state index >= 15 is 0 Å². The molecule has 4 nitrogen and oxygen atoms in total. The topological polar surface area (TPSA) is 46.6 Å². The van der Waals surface area contributed by atoms with Gasteiger partial charge in [-0.2, -0.15) is 0 Å². The van der Waals surface area contributed by atoms with Crippen LogP contribution in [-0.4, -0.2) is 37.0 Å². The number of hydrogen-bond acceptors (Lipinski definition) is 4. The third-order valence-electron chi connectivity index (χ3n) is 2.85. The molecule has 0 aliphatic rings. The normalized spacial score (nSPS) is 10.4. The van der Waals surface area contributed by atoms with Gasteiger partial charge in [0.25, 0.3) is 5.91 Å². The van der Waals surface area contributed by atoms with E-state index in [1.165, 1.54) is 23.3 Å². The quantitative estimate of drug-likeness (QED) is 0.807. The molecule has 0 saturated heterocycles. The van der Waals surface area contributed by atoms with Crippen LogP contribution < -0.4 is 0 Å². The molecule has 2 aromatic rings. The highest BCUT2D eigenvalue weighted by molar-refractivity contribution is 7.20. The maximum Gasteiger partial charge on any atom is 0.325 e. The van der Waals surface area contributed by atoms with Gasteiger partial charge in [0.2, 0.25) is 0 Å². The minimum atomic E-state index is -0.406. The molecule has 1 aromatic heterocycles. The summed E-state index contributed by atoms with van der Waals surface area (Å²) in [4.78, 5) is 25.7. The Morgan fingerprint density at radius 3 is 2.68 bits per heavy atom. The van der Waals surface area contributed by atoms with Crippen molar-refractivity contribution in [2.45, 2.75) is 6.92 Å². The number of carbonyl (C=O) groups is 2. The molecule has 100 valence electrons. The molecule has 0 radical (unpaired) electrons. The largest absolute Gasteiger partial charge is 0.468 e. The van der Waals surface area contributed by atoms with Crippen molar-refractivity contribution in [1.82, 2.24) is 4.90 Å². The van der Waals surface area contributed by atoms with Crippen LogP contribution in [0, 0.1) is 0 Å². The summed E-state index contributed by atoms with van der Waals surface area (Å²) in [5, 5.41) is 1.05. The van der Waals surface area contributed by atoms with Gasteiger partial charge in [0.1, 0.15) is 6.54 Å². The number of hydrogen-bond donors (Lipinski definition) is 0. The lowest BCUT2D eigenvalue weighted by molar-refractivity contribution is -0.141. The van der Waals surface area contributed by atoms with Gasteiger partial charge in [-0.25, -0.2) is 0 Å². The molecule has 1 aromatic carbocycles. The summed E-state index contributed by atoms with van der Waals surface area (Å²) in [5.74, 6) is -0.537. The van der Waals surface area contributed by atoms with Crippen LogP contribution in [-0.2, 0) is 9.53 Å². The van der Waals surface area contributed by atoms with Crippen molar-refractivity contribution < 1.29 is 14.3 Å². The number of methoxy groups -OCH3 is 1. The first-order valence-corrected chi connectivity index (χ1v) is 6.82. The molecular weight excluding hydrogens is 262 g/mol. The van der Waals surface area contributed by atoms with E-state index < -0.39 is 5.97 Å². The summed E-state index contributed by atoms with van der Waals surface area (Å²) in [7, 11) is 1.32. The van der Waals surface area contributed by atoms with E-state index in [4.69, 9.17) is 0 Å². The number of fused-ring (bicyclic) bond motifs is 1. The van der Waals surface area contributed by atoms with E-state index in [9.17, 15) is 9.59 Å². The minimum Gasteiger partial charge on any atom is -0.468 e. The molecule has 0 fully saturated rings. The molecular formula is C14H15NO3S. The molecule has 0 bridgehead atoms. The van der Waals surface area contributed by atoms with Crippen LogP contribution in [0.1, 0.15) is 16.6 Å². The van der Waals surface area contributed by atoms with Gasteiger partial charge in [0.15, 0.2) is 0 Å². The Labute approximate surface area is 115 Å². The van der Waals surface area contributed by atoms with Crippen molar-refractivity contribution >= 4 is 33.3 Å². The molecule has 2 rings (SSSR count). The number of likely N-dealkylation sites (N-methyl/N-ethyl adjacent to an activating group) is 1. The third kappa shape index (κ3) is 2.93. The summed E-state index contributed by atoms with van der Waals surface area (Å²) < 4.78 is 5.67. The first-order chi connectivity index (χ1) is 9.15. The molecule has 0 N–H and O–H groups in total. The van der Waals surface area contributed by atoms with Crippen molar-refractivity contribution in [3.05, 3.63) is 35.2 Å². The number of carbonyl (C=O) groups excluding carboxylic acids is 2. The Balaban J connectivity index is 2.23. The molecule has 0 atom stereocenters. The number of nitrogens with zero attached hydrogens (tertiary/aromatic N) is 1. The number of benzene rings is 1. The standard InChI is InChI=1S/C14H15NO3S/c1-3-15(9-13(16)18-2)14(17)12-8-10-6-4-5-7-11(10)19-12/h4-8H,3,9H2,1-2H3. The number of thiophene rings is 1. The Morgan fingerprint density at radius 2 is 2.05 bits per heavy atom. The van der Waals surface area contributed by atoms with Gasteiger partial charge in [-0.3, -0.25) is 9.59 Å². The SMILES string of the molecule is CCN(CC(=O)OC)C(=O)c1cc2ccccc2s1. The molecule has 1 heterocycles. The lowest BCUT2D eigenvalue weighted by atomic mass is 10.2. The average Bonchev–Trinajstić information content (AvgIpc) is 2.87. The fourth-order valence-corrected chi connectivity index (χ4v) is 2.82. The smallest absolute Gasteiger partial charge is 0.325 e. The van der Waals surface area contributed by atoms with Gasteiger partial charge in [-0.15, -0.1) is 11.3 Å². The summed E-state index contributed by atoms with van der Waals surface area (Å²) in [6.07, 6.45) is 0. The van der Waals surface area contributed by atoms with E-state index in [0.29, 0.717) is 11.4 Å². The molecule has 1 amide bonds.